The molecule has 8 N–H and O–H groups in total. The summed E-state index contributed by atoms with van der Waals surface area (Å²) in [5, 5.41) is 85.9. The first-order valence-electron chi connectivity index (χ1n) is 23.0. The molecule has 3 aliphatic heterocycles. The van der Waals surface area contributed by atoms with Crippen molar-refractivity contribution < 1.29 is 74.1 Å². The number of hydrogen-bond donors (Lipinski definition) is 8. The Hall–Kier alpha value is -1.31. The minimum Gasteiger partial charge on any atom is -0.481 e. The summed E-state index contributed by atoms with van der Waals surface area (Å²) < 4.78 is 36.2. The lowest BCUT2D eigenvalue weighted by atomic mass is 9.33. The normalized spacial score (nSPS) is 54.3. The van der Waals surface area contributed by atoms with Crippen LogP contribution in [-0.2, 0) is 33.2 Å². The topological polar surface area (TPSA) is 234 Å². The molecule has 8 rings (SSSR count). The van der Waals surface area contributed by atoms with Gasteiger partial charge in [-0.05, 0) is 116 Å². The molecule has 8 aliphatic rings. The third kappa shape index (κ3) is 7.21. The summed E-state index contributed by atoms with van der Waals surface area (Å²) in [6.07, 6.45) is -7.57. The van der Waals surface area contributed by atoms with Crippen LogP contribution in [-0.4, -0.2) is 146 Å². The Bertz CT molecular complexity index is 1670. The van der Waals surface area contributed by atoms with E-state index in [2.05, 4.69) is 54.5 Å². The molecule has 0 radical (unpaired) electrons. The first-order valence-corrected chi connectivity index (χ1v) is 23.0. The zero-order valence-electron chi connectivity index (χ0n) is 37.3. The van der Waals surface area contributed by atoms with E-state index in [-0.39, 0.29) is 58.2 Å². The van der Waals surface area contributed by atoms with Crippen LogP contribution >= 0.6 is 0 Å². The smallest absolute Gasteiger partial charge is 0.310 e. The molecule has 21 atom stereocenters. The van der Waals surface area contributed by atoms with Gasteiger partial charge < -0.3 is 69.3 Å². The minimum absolute atomic E-state index is 0.0145. The molecule has 7 fully saturated rings. The molecule has 15 nitrogen and oxygen atoms in total. The quantitative estimate of drug-likeness (QED) is 0.136. The SMILES string of the molecule is C[C@@H]1O[C@@H](O[C@H]2[C@H](O[C@H]3CC[C@]4(C)[C@H]5CC=C6[C@H]7CC(C)(C)CC[C@]7(C(=O)O)CC[C@@]6(C)[C@]5(C)CC[C@H]4C3(C)C)OC[C@H](O)[C@@H]2O)[C@H](O)[C@H](O[C@@H]2OC[C@@H](O)[C@@H](O)[C@H]2O)[C@H]1O. The zero-order valence-corrected chi connectivity index (χ0v) is 37.3. The molecule has 4 saturated carbocycles. The number of carboxylic acids is 1. The minimum atomic E-state index is -1.69. The van der Waals surface area contributed by atoms with Gasteiger partial charge in [0.2, 0.25) is 0 Å². The summed E-state index contributed by atoms with van der Waals surface area (Å²) in [7, 11) is 0. The van der Waals surface area contributed by atoms with Crippen molar-refractivity contribution >= 4 is 5.97 Å². The van der Waals surface area contributed by atoms with Crippen LogP contribution in [0.25, 0.3) is 0 Å². The van der Waals surface area contributed by atoms with Crippen molar-refractivity contribution in [1.29, 1.82) is 0 Å². The predicted molar refractivity (Wildman–Crippen MR) is 217 cm³/mol. The van der Waals surface area contributed by atoms with Gasteiger partial charge in [-0.1, -0.05) is 60.1 Å². The Labute approximate surface area is 360 Å². The maximum atomic E-state index is 13.1. The van der Waals surface area contributed by atoms with Gasteiger partial charge in [-0.2, -0.15) is 0 Å². The lowest BCUT2D eigenvalue weighted by molar-refractivity contribution is -0.378. The highest BCUT2D eigenvalue weighted by Crippen LogP contribution is 2.76. The van der Waals surface area contributed by atoms with Gasteiger partial charge in [-0.25, -0.2) is 0 Å². The standard InChI is InChI=1S/C46H74O15/c1-22-30(49)35(60-37-33(52)31(50)25(47)20-56-37)34(53)38(58-22)61-36-32(51)26(48)21-57-39(36)59-29-12-13-43(6)27(42(29,4)5)11-14-45(8)28(43)10-9-23-24-19-41(2,3)15-17-46(24,40(54)55)18-16-44(23,45)7/h9,22,24-39,47-53H,10-21H2,1-8H3,(H,54,55)/t22-,24+,25+,26-,27-,28+,29-,30-,31+,32-,33+,34+,35+,36+,37-,38-,39-,43-,44+,45+,46-/m0/s1. The number of allylic oxidation sites excluding steroid dienone is 2. The molecular formula is C46H74O15. The predicted octanol–water partition coefficient (Wildman–Crippen LogP) is 3.01. The molecule has 0 spiro atoms. The van der Waals surface area contributed by atoms with Crippen LogP contribution in [0.1, 0.15) is 120 Å². The van der Waals surface area contributed by atoms with Gasteiger partial charge in [0.05, 0.1) is 30.8 Å². The van der Waals surface area contributed by atoms with Crippen molar-refractivity contribution in [2.24, 2.45) is 50.2 Å². The fourth-order valence-electron chi connectivity index (χ4n) is 14.5. The third-order valence-electron chi connectivity index (χ3n) is 18.5. The lowest BCUT2D eigenvalue weighted by Gasteiger charge is -2.71. The fraction of sp³-hybridized carbons (Fsp3) is 0.935. The molecule has 3 heterocycles. The number of carboxylic acid groups (broad SMARTS) is 1. The van der Waals surface area contributed by atoms with Crippen molar-refractivity contribution in [2.45, 2.75) is 206 Å². The summed E-state index contributed by atoms with van der Waals surface area (Å²) in [6, 6.07) is 0. The second-order valence-electron chi connectivity index (χ2n) is 22.6. The van der Waals surface area contributed by atoms with E-state index < -0.39 is 91.3 Å². The van der Waals surface area contributed by atoms with Crippen LogP contribution in [0.4, 0.5) is 0 Å². The van der Waals surface area contributed by atoms with E-state index >= 15 is 0 Å². The number of hydrogen-bond acceptors (Lipinski definition) is 14. The maximum Gasteiger partial charge on any atom is 0.310 e. The number of aliphatic carboxylic acids is 1. The van der Waals surface area contributed by atoms with E-state index in [1.807, 2.05) is 0 Å². The second kappa shape index (κ2) is 15.9. The van der Waals surface area contributed by atoms with Crippen LogP contribution in [0.5, 0.6) is 0 Å². The van der Waals surface area contributed by atoms with E-state index in [1.165, 1.54) is 12.5 Å². The van der Waals surface area contributed by atoms with E-state index in [0.717, 1.165) is 57.8 Å². The lowest BCUT2D eigenvalue weighted by Crippen LogP contribution is -2.66. The summed E-state index contributed by atoms with van der Waals surface area (Å²) in [6.45, 7) is 17.5. The Morgan fingerprint density at radius 3 is 2.00 bits per heavy atom. The Kier molecular flexibility index (Phi) is 12.1. The van der Waals surface area contributed by atoms with Crippen molar-refractivity contribution in [1.82, 2.24) is 0 Å². The van der Waals surface area contributed by atoms with Gasteiger partial charge in [0, 0.05) is 0 Å². The van der Waals surface area contributed by atoms with Crippen LogP contribution in [0.3, 0.4) is 0 Å². The van der Waals surface area contributed by atoms with Gasteiger partial charge in [-0.3, -0.25) is 4.79 Å². The van der Waals surface area contributed by atoms with E-state index in [4.69, 9.17) is 28.4 Å². The Morgan fingerprint density at radius 2 is 1.31 bits per heavy atom. The number of fused-ring (bicyclic) bond motifs is 7. The highest BCUT2D eigenvalue weighted by Gasteiger charge is 2.69. The highest BCUT2D eigenvalue weighted by atomic mass is 16.8. The largest absolute Gasteiger partial charge is 0.481 e. The molecule has 0 aromatic carbocycles. The highest BCUT2D eigenvalue weighted by molar-refractivity contribution is 5.76. The van der Waals surface area contributed by atoms with Gasteiger partial charge >= 0.3 is 5.97 Å². The average Bonchev–Trinajstić information content (AvgIpc) is 3.18. The van der Waals surface area contributed by atoms with Crippen LogP contribution < -0.4 is 0 Å². The number of rotatable bonds is 7. The molecule has 5 aliphatic carbocycles. The molecule has 0 aromatic rings. The van der Waals surface area contributed by atoms with E-state index in [9.17, 15) is 45.6 Å². The van der Waals surface area contributed by atoms with Gasteiger partial charge in [0.15, 0.2) is 18.9 Å². The van der Waals surface area contributed by atoms with Gasteiger partial charge in [0.1, 0.15) is 54.9 Å². The molecule has 3 saturated heterocycles. The third-order valence-corrected chi connectivity index (χ3v) is 18.5. The molecule has 348 valence electrons. The van der Waals surface area contributed by atoms with Crippen molar-refractivity contribution in [3.63, 3.8) is 0 Å². The first kappa shape index (κ1) is 46.2. The van der Waals surface area contributed by atoms with Crippen LogP contribution in [0.15, 0.2) is 11.6 Å². The van der Waals surface area contributed by atoms with E-state index in [0.29, 0.717) is 12.3 Å². The summed E-state index contributed by atoms with van der Waals surface area (Å²) in [5.74, 6) is 0.0702. The van der Waals surface area contributed by atoms with Crippen LogP contribution in [0.2, 0.25) is 0 Å². The summed E-state index contributed by atoms with van der Waals surface area (Å²) >= 11 is 0. The summed E-state index contributed by atoms with van der Waals surface area (Å²) in [4.78, 5) is 13.1. The molecule has 0 amide bonds. The van der Waals surface area contributed by atoms with Gasteiger partial charge in [0.25, 0.3) is 0 Å². The van der Waals surface area contributed by atoms with Crippen LogP contribution in [0, 0.1) is 50.2 Å². The Balaban J connectivity index is 1.00. The molecule has 0 unspecified atom stereocenters. The average molecular weight is 867 g/mol. The molecule has 61 heavy (non-hydrogen) atoms. The molecule has 0 aromatic heterocycles. The molecule has 15 heteroatoms. The first-order chi connectivity index (χ1) is 28.4. The molecule has 0 bridgehead atoms. The fourth-order valence-corrected chi connectivity index (χ4v) is 14.5. The summed E-state index contributed by atoms with van der Waals surface area (Å²) in [5.41, 5.74) is 0.298. The number of aliphatic hydroxyl groups is 7. The zero-order chi connectivity index (χ0) is 44.4. The number of carbonyl (C=O) groups is 1. The number of aliphatic hydroxyl groups excluding tert-OH is 7. The molecular weight excluding hydrogens is 792 g/mol. The second-order valence-corrected chi connectivity index (χ2v) is 22.6. The van der Waals surface area contributed by atoms with E-state index in [1.54, 1.807) is 0 Å². The van der Waals surface area contributed by atoms with Crippen molar-refractivity contribution in [3.8, 4) is 0 Å². The Morgan fingerprint density at radius 1 is 0.672 bits per heavy atom. The monoisotopic (exact) mass is 867 g/mol. The van der Waals surface area contributed by atoms with Gasteiger partial charge in [-0.15, -0.1) is 0 Å². The maximum absolute atomic E-state index is 13.1. The van der Waals surface area contributed by atoms with Crippen molar-refractivity contribution in [3.05, 3.63) is 11.6 Å². The van der Waals surface area contributed by atoms with Crippen molar-refractivity contribution in [2.75, 3.05) is 13.2 Å². The number of ether oxygens (including phenoxy) is 6.